The molecule has 2 aliphatic rings. The normalized spacial score (nSPS) is 20.4. The van der Waals surface area contributed by atoms with E-state index in [4.69, 9.17) is 25.8 Å². The summed E-state index contributed by atoms with van der Waals surface area (Å²) in [6.45, 7) is 4.15. The molecule has 0 spiro atoms. The van der Waals surface area contributed by atoms with Crippen LogP contribution in [0.4, 0.5) is 19.0 Å². The van der Waals surface area contributed by atoms with Crippen molar-refractivity contribution < 1.29 is 32.2 Å². The first-order chi connectivity index (χ1) is 17.2. The van der Waals surface area contributed by atoms with Crippen LogP contribution in [0, 0.1) is 0 Å². The second-order valence-electron chi connectivity index (χ2n) is 8.62. The fourth-order valence-corrected chi connectivity index (χ4v) is 4.70. The highest BCUT2D eigenvalue weighted by molar-refractivity contribution is 6.36. The molecule has 0 aliphatic carbocycles. The molecule has 2 atom stereocenters. The predicted octanol–water partition coefficient (Wildman–Crippen LogP) is 3.67. The van der Waals surface area contributed by atoms with E-state index in [9.17, 15) is 18.0 Å². The maximum atomic E-state index is 14.1. The topological polar surface area (TPSA) is 89.9 Å². The van der Waals surface area contributed by atoms with Gasteiger partial charge in [-0.1, -0.05) is 17.7 Å². The lowest BCUT2D eigenvalue weighted by molar-refractivity contribution is -0.173. The van der Waals surface area contributed by atoms with Crippen LogP contribution < -0.4 is 20.1 Å². The third-order valence-corrected chi connectivity index (χ3v) is 6.72. The van der Waals surface area contributed by atoms with Gasteiger partial charge in [-0.3, -0.25) is 9.69 Å². The Labute approximate surface area is 211 Å². The lowest BCUT2D eigenvalue weighted by Gasteiger charge is -2.33. The van der Waals surface area contributed by atoms with E-state index in [-0.39, 0.29) is 23.0 Å². The predicted molar refractivity (Wildman–Crippen MR) is 127 cm³/mol. The lowest BCUT2D eigenvalue weighted by Crippen LogP contribution is -2.38. The number of alkyl halides is 3. The molecule has 1 aromatic heterocycles. The highest BCUT2D eigenvalue weighted by Gasteiger charge is 2.48. The van der Waals surface area contributed by atoms with Gasteiger partial charge >= 0.3 is 6.18 Å². The summed E-state index contributed by atoms with van der Waals surface area (Å²) in [6.07, 6.45) is -4.26. The summed E-state index contributed by atoms with van der Waals surface area (Å²) in [5.41, 5.74) is 0.312. The number of methoxy groups -OCH3 is 2. The molecule has 2 unspecified atom stereocenters. The van der Waals surface area contributed by atoms with E-state index in [1.54, 1.807) is 18.2 Å². The van der Waals surface area contributed by atoms with Crippen LogP contribution in [-0.4, -0.2) is 80.4 Å². The van der Waals surface area contributed by atoms with Crippen molar-refractivity contribution in [3.63, 3.8) is 0 Å². The van der Waals surface area contributed by atoms with Gasteiger partial charge in [0, 0.05) is 26.1 Å². The number of carbonyl (C=O) groups is 1. The highest BCUT2D eigenvalue weighted by atomic mass is 35.5. The van der Waals surface area contributed by atoms with Gasteiger partial charge in [0.15, 0.2) is 23.2 Å². The first kappa shape index (κ1) is 26.4. The molecule has 4 rings (SSSR count). The third kappa shape index (κ3) is 5.65. The number of nitrogens with one attached hydrogen (secondary N) is 2. The number of nitrogens with zero attached hydrogens (tertiary/aromatic N) is 3. The van der Waals surface area contributed by atoms with E-state index in [1.165, 1.54) is 14.2 Å². The van der Waals surface area contributed by atoms with Gasteiger partial charge in [-0.05, 0) is 30.7 Å². The van der Waals surface area contributed by atoms with Gasteiger partial charge in [-0.25, -0.2) is 4.68 Å². The minimum absolute atomic E-state index is 0.0523. The minimum Gasteiger partial charge on any atom is -0.493 e. The number of benzene rings is 1. The van der Waals surface area contributed by atoms with E-state index in [1.807, 2.05) is 0 Å². The van der Waals surface area contributed by atoms with Crippen LogP contribution in [0.25, 0.3) is 0 Å². The third-order valence-electron chi connectivity index (χ3n) is 6.36. The number of morpholine rings is 1. The van der Waals surface area contributed by atoms with Gasteiger partial charge in [0.25, 0.3) is 5.91 Å². The zero-order valence-electron chi connectivity index (χ0n) is 20.0. The van der Waals surface area contributed by atoms with Crippen LogP contribution in [0.2, 0.25) is 5.02 Å². The second-order valence-corrected chi connectivity index (χ2v) is 9.00. The molecule has 0 radical (unpaired) electrons. The molecule has 1 aromatic carbocycles. The monoisotopic (exact) mass is 531 g/mol. The van der Waals surface area contributed by atoms with Crippen molar-refractivity contribution in [1.29, 1.82) is 0 Å². The van der Waals surface area contributed by atoms with Gasteiger partial charge in [0.2, 0.25) is 0 Å². The maximum Gasteiger partial charge on any atom is 0.410 e. The molecular formula is C23H29ClF3N5O4. The summed E-state index contributed by atoms with van der Waals surface area (Å²) >= 11 is 6.41. The summed E-state index contributed by atoms with van der Waals surface area (Å²) in [6, 6.07) is 2.19. The summed E-state index contributed by atoms with van der Waals surface area (Å²) in [7, 11) is 2.93. The Morgan fingerprint density at radius 2 is 1.97 bits per heavy atom. The summed E-state index contributed by atoms with van der Waals surface area (Å²) < 4.78 is 58.7. The number of hydrogen-bond donors (Lipinski definition) is 2. The first-order valence-electron chi connectivity index (χ1n) is 11.6. The van der Waals surface area contributed by atoms with E-state index in [2.05, 4.69) is 20.6 Å². The van der Waals surface area contributed by atoms with Crippen molar-refractivity contribution in [2.45, 2.75) is 31.1 Å². The highest BCUT2D eigenvalue weighted by Crippen LogP contribution is 2.47. The maximum absolute atomic E-state index is 14.1. The molecule has 1 amide bonds. The number of halogens is 4. The summed E-state index contributed by atoms with van der Waals surface area (Å²) in [5, 5.41) is 9.57. The van der Waals surface area contributed by atoms with Crippen molar-refractivity contribution in [2.75, 3.05) is 58.9 Å². The van der Waals surface area contributed by atoms with Crippen molar-refractivity contribution in [3.05, 3.63) is 34.5 Å². The van der Waals surface area contributed by atoms with Crippen molar-refractivity contribution in [3.8, 4) is 11.5 Å². The van der Waals surface area contributed by atoms with Crippen LogP contribution in [0.1, 0.15) is 41.0 Å². The van der Waals surface area contributed by atoms with Crippen molar-refractivity contribution in [1.82, 2.24) is 20.0 Å². The Hall–Kier alpha value is -2.70. The Balaban J connectivity index is 1.51. The van der Waals surface area contributed by atoms with Crippen molar-refractivity contribution >= 4 is 23.3 Å². The van der Waals surface area contributed by atoms with Crippen LogP contribution in [-0.2, 0) is 4.74 Å². The quantitative estimate of drug-likeness (QED) is 0.502. The number of aromatic nitrogens is 2. The molecule has 36 heavy (non-hydrogen) atoms. The van der Waals surface area contributed by atoms with Crippen LogP contribution in [0.15, 0.2) is 18.2 Å². The Morgan fingerprint density at radius 3 is 2.64 bits per heavy atom. The fraction of sp³-hybridized carbons (Fsp3) is 0.565. The van der Waals surface area contributed by atoms with Crippen molar-refractivity contribution in [2.24, 2.45) is 0 Å². The number of fused-ring (bicyclic) bond motifs is 1. The fourth-order valence-electron chi connectivity index (χ4n) is 4.44. The Morgan fingerprint density at radius 1 is 1.25 bits per heavy atom. The molecule has 2 aliphatic heterocycles. The molecule has 13 heteroatoms. The SMILES string of the molecule is COc1ccc(C2CC(C(F)(F)F)n3nc(C(=O)NCCCN4CCOCC4)c(Cl)c3N2)cc1OC. The minimum atomic E-state index is -4.60. The van der Waals surface area contributed by atoms with Crippen LogP contribution in [0.3, 0.4) is 0 Å². The molecule has 0 bridgehead atoms. The molecule has 1 saturated heterocycles. The molecule has 2 aromatic rings. The van der Waals surface area contributed by atoms with Gasteiger partial charge < -0.3 is 24.8 Å². The van der Waals surface area contributed by atoms with Crippen LogP contribution >= 0.6 is 11.6 Å². The lowest BCUT2D eigenvalue weighted by atomic mass is 9.96. The number of hydrogen-bond acceptors (Lipinski definition) is 7. The number of ether oxygens (including phenoxy) is 3. The van der Waals surface area contributed by atoms with E-state index in [0.717, 1.165) is 24.3 Å². The van der Waals surface area contributed by atoms with Gasteiger partial charge in [-0.15, -0.1) is 0 Å². The summed E-state index contributed by atoms with van der Waals surface area (Å²) in [4.78, 5) is 15.0. The molecule has 9 nitrogen and oxygen atoms in total. The average Bonchev–Trinajstić information content (AvgIpc) is 3.21. The second kappa shape index (κ2) is 11.1. The number of anilines is 1. The molecule has 1 fully saturated rings. The van der Waals surface area contributed by atoms with E-state index < -0.39 is 24.2 Å². The standard InChI is InChI=1S/C23H29ClF3N5O4/c1-34-16-5-4-14(12-17(16)35-2)15-13-18(23(25,26)27)32-21(29-15)19(24)20(30-32)22(33)28-6-3-7-31-8-10-36-11-9-31/h4-5,12,15,18,29H,3,6-11,13H2,1-2H3,(H,28,33). The Bertz CT molecular complexity index is 1070. The molecular weight excluding hydrogens is 503 g/mol. The summed E-state index contributed by atoms with van der Waals surface area (Å²) in [5.74, 6) is 0.181. The largest absolute Gasteiger partial charge is 0.493 e. The number of carbonyl (C=O) groups excluding carboxylic acids is 1. The smallest absolute Gasteiger partial charge is 0.410 e. The first-order valence-corrected chi connectivity index (χ1v) is 12.0. The molecule has 3 heterocycles. The zero-order valence-corrected chi connectivity index (χ0v) is 20.8. The average molecular weight is 532 g/mol. The number of amides is 1. The van der Waals surface area contributed by atoms with Gasteiger partial charge in [0.05, 0.1) is 33.5 Å². The molecule has 198 valence electrons. The molecule has 2 N–H and O–H groups in total. The van der Waals surface area contributed by atoms with Crippen LogP contribution in [0.5, 0.6) is 11.5 Å². The molecule has 0 saturated carbocycles. The zero-order chi connectivity index (χ0) is 25.9. The number of rotatable bonds is 8. The van der Waals surface area contributed by atoms with Gasteiger partial charge in [-0.2, -0.15) is 18.3 Å². The van der Waals surface area contributed by atoms with E-state index >= 15 is 0 Å². The van der Waals surface area contributed by atoms with Gasteiger partial charge in [0.1, 0.15) is 10.8 Å². The van der Waals surface area contributed by atoms with E-state index in [0.29, 0.717) is 43.2 Å². The Kier molecular flexibility index (Phi) is 8.16.